The number of aliphatic hydroxyl groups excluding tert-OH is 2. The van der Waals surface area contributed by atoms with Crippen molar-refractivity contribution >= 4 is 12.0 Å². The third-order valence-electron chi connectivity index (χ3n) is 8.25. The second kappa shape index (κ2) is 12.1. The molecule has 0 spiro atoms. The first-order valence-electron chi connectivity index (χ1n) is 14.2. The molecule has 2 aromatic rings. The van der Waals surface area contributed by atoms with Gasteiger partial charge in [0.25, 0.3) is 0 Å². The summed E-state index contributed by atoms with van der Waals surface area (Å²) in [5, 5.41) is 25.3. The summed E-state index contributed by atoms with van der Waals surface area (Å²) in [5.41, 5.74) is 0.478. The number of carbonyl (C=O) groups is 2. The van der Waals surface area contributed by atoms with E-state index in [1.807, 2.05) is 65.6 Å². The van der Waals surface area contributed by atoms with E-state index in [0.29, 0.717) is 32.2 Å². The number of ether oxygens (including phenoxy) is 1. The molecule has 0 bridgehead atoms. The highest BCUT2D eigenvalue weighted by atomic mass is 16.6. The molecule has 6 atom stereocenters. The molecule has 7 heteroatoms. The van der Waals surface area contributed by atoms with Gasteiger partial charge in [0.15, 0.2) is 0 Å². The smallest absolute Gasteiger partial charge is 0.407 e. The number of nitrogens with one attached hydrogen (secondary N) is 1. The maximum atomic E-state index is 14.2. The normalized spacial score (nSPS) is 26.9. The quantitative estimate of drug-likeness (QED) is 0.439. The number of benzene rings is 2. The van der Waals surface area contributed by atoms with Crippen LogP contribution in [0.3, 0.4) is 0 Å². The van der Waals surface area contributed by atoms with Crippen LogP contribution < -0.4 is 5.32 Å². The number of amides is 2. The van der Waals surface area contributed by atoms with Crippen LogP contribution in [0.25, 0.3) is 0 Å². The van der Waals surface area contributed by atoms with Crippen molar-refractivity contribution in [3.05, 3.63) is 71.8 Å². The van der Waals surface area contributed by atoms with Crippen LogP contribution in [0.4, 0.5) is 4.79 Å². The Morgan fingerprint density at radius 3 is 2.26 bits per heavy atom. The van der Waals surface area contributed by atoms with E-state index in [1.54, 1.807) is 20.8 Å². The van der Waals surface area contributed by atoms with Crippen molar-refractivity contribution in [2.45, 2.75) is 96.1 Å². The molecule has 0 unspecified atom stereocenters. The second-order valence-corrected chi connectivity index (χ2v) is 12.5. The summed E-state index contributed by atoms with van der Waals surface area (Å²) >= 11 is 0. The maximum absolute atomic E-state index is 14.2. The highest BCUT2D eigenvalue weighted by Gasteiger charge is 2.52. The van der Waals surface area contributed by atoms with Crippen molar-refractivity contribution in [2.75, 3.05) is 6.54 Å². The first kappa shape index (κ1) is 29.1. The van der Waals surface area contributed by atoms with Gasteiger partial charge in [-0.05, 0) is 76.3 Å². The fourth-order valence-electron chi connectivity index (χ4n) is 6.37. The Bertz CT molecular complexity index is 1090. The van der Waals surface area contributed by atoms with Crippen molar-refractivity contribution in [3.8, 4) is 0 Å². The summed E-state index contributed by atoms with van der Waals surface area (Å²) in [6.07, 6.45) is 1.14. The summed E-state index contributed by atoms with van der Waals surface area (Å²) in [4.78, 5) is 28.9. The molecule has 0 radical (unpaired) electrons. The van der Waals surface area contributed by atoms with Crippen molar-refractivity contribution in [1.29, 1.82) is 0 Å². The monoisotopic (exact) mass is 536 g/mol. The van der Waals surface area contributed by atoms with E-state index in [-0.39, 0.29) is 24.3 Å². The molecule has 212 valence electrons. The fraction of sp³-hybridized carbons (Fsp3) is 0.562. The number of hydrogen-bond acceptors (Lipinski definition) is 5. The van der Waals surface area contributed by atoms with Gasteiger partial charge in [-0.15, -0.1) is 0 Å². The fourth-order valence-corrected chi connectivity index (χ4v) is 6.37. The zero-order valence-electron chi connectivity index (χ0n) is 23.7. The SMILES string of the molecule is C[C@@H]1CC[C@@H](O)[C@H]1N1CC[C@@](Cc2ccccc2)(C[C@H](O)[C@H](Cc2ccccc2)NC(=O)OC(C)(C)C)C1=O. The predicted molar refractivity (Wildman–Crippen MR) is 151 cm³/mol. The average Bonchev–Trinajstić information content (AvgIpc) is 3.36. The molecule has 7 nitrogen and oxygen atoms in total. The number of nitrogens with zero attached hydrogens (tertiary/aromatic N) is 1. The summed E-state index contributed by atoms with van der Waals surface area (Å²) in [6.45, 7) is 8.05. The zero-order chi connectivity index (χ0) is 28.2. The Labute approximate surface area is 232 Å². The number of aliphatic hydroxyl groups is 2. The summed E-state index contributed by atoms with van der Waals surface area (Å²) in [7, 11) is 0. The standard InChI is InChI=1S/C32H44N2O5/c1-22-15-16-26(35)28(22)34-18-17-32(29(34)37,20-24-13-9-6-10-14-24)21-27(36)25(19-23-11-7-5-8-12-23)33-30(38)39-31(2,3)4/h5-14,22,25-28,35-36H,15-21H2,1-4H3,(H,33,38)/t22-,25+,26-,27+,28+,32-/m1/s1. The highest BCUT2D eigenvalue weighted by Crippen LogP contribution is 2.44. The van der Waals surface area contributed by atoms with Gasteiger partial charge < -0.3 is 25.2 Å². The van der Waals surface area contributed by atoms with Gasteiger partial charge in [0.05, 0.1) is 29.7 Å². The molecule has 2 aliphatic rings. The minimum atomic E-state index is -0.990. The zero-order valence-corrected chi connectivity index (χ0v) is 23.7. The third kappa shape index (κ3) is 7.20. The van der Waals surface area contributed by atoms with Crippen LogP contribution in [0.1, 0.15) is 64.5 Å². The van der Waals surface area contributed by atoms with Crippen molar-refractivity contribution in [1.82, 2.24) is 10.2 Å². The van der Waals surface area contributed by atoms with E-state index in [0.717, 1.165) is 17.5 Å². The lowest BCUT2D eigenvalue weighted by Gasteiger charge is -2.36. The lowest BCUT2D eigenvalue weighted by molar-refractivity contribution is -0.142. The van der Waals surface area contributed by atoms with E-state index >= 15 is 0 Å². The highest BCUT2D eigenvalue weighted by molar-refractivity contribution is 5.85. The van der Waals surface area contributed by atoms with E-state index in [2.05, 4.69) is 12.2 Å². The number of hydrogen-bond donors (Lipinski definition) is 3. The molecular formula is C32H44N2O5. The summed E-state index contributed by atoms with van der Waals surface area (Å²) < 4.78 is 5.51. The molecular weight excluding hydrogens is 492 g/mol. The van der Waals surface area contributed by atoms with Crippen LogP contribution in [0.15, 0.2) is 60.7 Å². The maximum Gasteiger partial charge on any atom is 0.407 e. The van der Waals surface area contributed by atoms with Crippen molar-refractivity contribution < 1.29 is 24.5 Å². The molecule has 1 saturated heterocycles. The topological polar surface area (TPSA) is 99.1 Å². The molecule has 1 aliphatic heterocycles. The lowest BCUT2D eigenvalue weighted by Crippen LogP contribution is -2.51. The molecule has 0 aromatic heterocycles. The first-order valence-corrected chi connectivity index (χ1v) is 14.2. The molecule has 1 aliphatic carbocycles. The molecule has 1 saturated carbocycles. The van der Waals surface area contributed by atoms with Crippen LogP contribution >= 0.6 is 0 Å². The van der Waals surface area contributed by atoms with Crippen LogP contribution in [-0.2, 0) is 22.4 Å². The van der Waals surface area contributed by atoms with Gasteiger partial charge in [-0.25, -0.2) is 4.79 Å². The van der Waals surface area contributed by atoms with Gasteiger partial charge in [-0.1, -0.05) is 67.6 Å². The minimum Gasteiger partial charge on any atom is -0.444 e. The number of carbonyl (C=O) groups excluding carboxylic acids is 2. The Kier molecular flexibility index (Phi) is 9.02. The van der Waals surface area contributed by atoms with Gasteiger partial charge in [-0.2, -0.15) is 0 Å². The molecule has 2 aromatic carbocycles. The van der Waals surface area contributed by atoms with Gasteiger partial charge in [0.2, 0.25) is 5.91 Å². The minimum absolute atomic E-state index is 0.0149. The summed E-state index contributed by atoms with van der Waals surface area (Å²) in [5.74, 6) is 0.208. The van der Waals surface area contributed by atoms with Crippen LogP contribution in [0.2, 0.25) is 0 Å². The van der Waals surface area contributed by atoms with Gasteiger partial charge in [0, 0.05) is 6.54 Å². The third-order valence-corrected chi connectivity index (χ3v) is 8.25. The Morgan fingerprint density at radius 1 is 1.08 bits per heavy atom. The second-order valence-electron chi connectivity index (χ2n) is 12.5. The molecule has 4 rings (SSSR count). The Morgan fingerprint density at radius 2 is 1.69 bits per heavy atom. The lowest BCUT2D eigenvalue weighted by atomic mass is 9.74. The Hall–Kier alpha value is -2.90. The van der Waals surface area contributed by atoms with Gasteiger partial charge in [-0.3, -0.25) is 4.79 Å². The van der Waals surface area contributed by atoms with E-state index < -0.39 is 35.4 Å². The Balaban J connectivity index is 1.61. The predicted octanol–water partition coefficient (Wildman–Crippen LogP) is 4.49. The van der Waals surface area contributed by atoms with E-state index in [9.17, 15) is 19.8 Å². The average molecular weight is 537 g/mol. The van der Waals surface area contributed by atoms with E-state index in [4.69, 9.17) is 4.74 Å². The van der Waals surface area contributed by atoms with Crippen molar-refractivity contribution in [2.24, 2.45) is 11.3 Å². The summed E-state index contributed by atoms with van der Waals surface area (Å²) in [6, 6.07) is 18.7. The van der Waals surface area contributed by atoms with Crippen LogP contribution in [-0.4, -0.2) is 63.6 Å². The van der Waals surface area contributed by atoms with Crippen LogP contribution in [0.5, 0.6) is 0 Å². The molecule has 39 heavy (non-hydrogen) atoms. The number of alkyl carbamates (subject to hydrolysis) is 1. The van der Waals surface area contributed by atoms with Crippen LogP contribution in [0, 0.1) is 11.3 Å². The first-order chi connectivity index (χ1) is 18.5. The van der Waals surface area contributed by atoms with Gasteiger partial charge in [0.1, 0.15) is 5.60 Å². The molecule has 2 fully saturated rings. The molecule has 2 amide bonds. The molecule has 1 heterocycles. The van der Waals surface area contributed by atoms with Gasteiger partial charge >= 0.3 is 6.09 Å². The van der Waals surface area contributed by atoms with Crippen molar-refractivity contribution in [3.63, 3.8) is 0 Å². The van der Waals surface area contributed by atoms with E-state index in [1.165, 1.54) is 0 Å². The largest absolute Gasteiger partial charge is 0.444 e. The molecule has 3 N–H and O–H groups in total. The number of rotatable bonds is 9. The number of likely N-dealkylation sites (tertiary alicyclic amines) is 1.